The van der Waals surface area contributed by atoms with Gasteiger partial charge in [-0.25, -0.2) is 9.97 Å². The van der Waals surface area contributed by atoms with E-state index < -0.39 is 0 Å². The first-order valence-corrected chi connectivity index (χ1v) is 6.56. The Labute approximate surface area is 114 Å². The molecule has 0 radical (unpaired) electrons. The van der Waals surface area contributed by atoms with Crippen LogP contribution in [-0.2, 0) is 6.54 Å². The predicted octanol–water partition coefficient (Wildman–Crippen LogP) is 3.22. The molecule has 4 heteroatoms. The van der Waals surface area contributed by atoms with Crippen LogP contribution in [-0.4, -0.2) is 15.0 Å². The summed E-state index contributed by atoms with van der Waals surface area (Å²) in [5, 5.41) is 3.25. The summed E-state index contributed by atoms with van der Waals surface area (Å²) in [6.45, 7) is 8.96. The van der Waals surface area contributed by atoms with Crippen LogP contribution in [0.4, 0.5) is 5.95 Å². The molecule has 1 N–H and O–H groups in total. The van der Waals surface area contributed by atoms with Crippen molar-refractivity contribution in [2.45, 2.75) is 40.2 Å². The van der Waals surface area contributed by atoms with Gasteiger partial charge in [0, 0.05) is 17.6 Å². The molecule has 0 aliphatic heterocycles. The lowest BCUT2D eigenvalue weighted by Crippen LogP contribution is -2.08. The van der Waals surface area contributed by atoms with Crippen LogP contribution in [0.3, 0.4) is 0 Å². The van der Waals surface area contributed by atoms with E-state index in [4.69, 9.17) is 0 Å². The lowest BCUT2D eigenvalue weighted by Gasteiger charge is -2.10. The van der Waals surface area contributed by atoms with Crippen LogP contribution < -0.4 is 5.32 Å². The Hall–Kier alpha value is -1.97. The summed E-state index contributed by atoms with van der Waals surface area (Å²) in [7, 11) is 0. The van der Waals surface area contributed by atoms with Gasteiger partial charge in [-0.1, -0.05) is 19.9 Å². The van der Waals surface area contributed by atoms with Crippen LogP contribution in [0.25, 0.3) is 0 Å². The highest BCUT2D eigenvalue weighted by molar-refractivity contribution is 5.31. The van der Waals surface area contributed by atoms with Crippen molar-refractivity contribution in [3.05, 3.63) is 47.0 Å². The minimum Gasteiger partial charge on any atom is -0.349 e. The van der Waals surface area contributed by atoms with Crippen molar-refractivity contribution in [1.29, 1.82) is 0 Å². The number of hydrogen-bond donors (Lipinski definition) is 1. The van der Waals surface area contributed by atoms with Crippen LogP contribution in [0.1, 0.15) is 42.4 Å². The van der Waals surface area contributed by atoms with Gasteiger partial charge in [-0.05, 0) is 37.5 Å². The zero-order valence-electron chi connectivity index (χ0n) is 11.9. The lowest BCUT2D eigenvalue weighted by atomic mass is 10.1. The van der Waals surface area contributed by atoms with E-state index in [2.05, 4.69) is 47.1 Å². The van der Waals surface area contributed by atoms with Gasteiger partial charge in [-0.15, -0.1) is 0 Å². The molecule has 0 bridgehead atoms. The summed E-state index contributed by atoms with van der Waals surface area (Å²) in [6, 6.07) is 6.03. The van der Waals surface area contributed by atoms with Crippen LogP contribution in [0, 0.1) is 13.8 Å². The van der Waals surface area contributed by atoms with Crippen molar-refractivity contribution < 1.29 is 0 Å². The number of hydrogen-bond acceptors (Lipinski definition) is 4. The van der Waals surface area contributed by atoms with Crippen molar-refractivity contribution in [3.8, 4) is 0 Å². The molecule has 4 nitrogen and oxygen atoms in total. The summed E-state index contributed by atoms with van der Waals surface area (Å²) in [4.78, 5) is 13.3. The Balaban J connectivity index is 2.14. The number of nitrogens with one attached hydrogen (secondary N) is 1. The van der Waals surface area contributed by atoms with Crippen molar-refractivity contribution in [3.63, 3.8) is 0 Å². The normalized spacial score (nSPS) is 10.8. The average molecular weight is 256 g/mol. The van der Waals surface area contributed by atoms with E-state index in [0.717, 1.165) is 17.1 Å². The van der Waals surface area contributed by atoms with E-state index in [1.807, 2.05) is 19.1 Å². The van der Waals surface area contributed by atoms with E-state index in [9.17, 15) is 0 Å². The van der Waals surface area contributed by atoms with Crippen molar-refractivity contribution >= 4 is 5.95 Å². The maximum Gasteiger partial charge on any atom is 0.223 e. The van der Waals surface area contributed by atoms with Crippen LogP contribution in [0.2, 0.25) is 0 Å². The summed E-state index contributed by atoms with van der Waals surface area (Å²) >= 11 is 0. The molecule has 2 rings (SSSR count). The molecule has 0 aromatic carbocycles. The predicted molar refractivity (Wildman–Crippen MR) is 77.2 cm³/mol. The van der Waals surface area contributed by atoms with E-state index >= 15 is 0 Å². The molecule has 0 fully saturated rings. The molecule has 0 atom stereocenters. The second-order valence-corrected chi connectivity index (χ2v) is 5.03. The second-order valence-electron chi connectivity index (χ2n) is 5.03. The van der Waals surface area contributed by atoms with E-state index in [1.165, 1.54) is 5.56 Å². The van der Waals surface area contributed by atoms with Gasteiger partial charge in [0.1, 0.15) is 0 Å². The molecule has 2 aromatic rings. The summed E-state index contributed by atoms with van der Waals surface area (Å²) in [6.07, 6.45) is 1.81. The third kappa shape index (κ3) is 3.50. The Kier molecular flexibility index (Phi) is 4.10. The van der Waals surface area contributed by atoms with E-state index in [1.54, 1.807) is 6.20 Å². The van der Waals surface area contributed by atoms with Crippen LogP contribution >= 0.6 is 0 Å². The Bertz CT molecular complexity index is 564. The van der Waals surface area contributed by atoms with Gasteiger partial charge < -0.3 is 5.32 Å². The summed E-state index contributed by atoms with van der Waals surface area (Å²) < 4.78 is 0. The second kappa shape index (κ2) is 5.78. The highest BCUT2D eigenvalue weighted by Gasteiger charge is 2.06. The van der Waals surface area contributed by atoms with Gasteiger partial charge in [0.2, 0.25) is 5.95 Å². The van der Waals surface area contributed by atoms with Gasteiger partial charge in [0.25, 0.3) is 0 Å². The molecular weight excluding hydrogens is 236 g/mol. The average Bonchev–Trinajstić information content (AvgIpc) is 2.37. The minimum absolute atomic E-state index is 0.402. The molecule has 100 valence electrons. The SMILES string of the molecule is Cc1cc(C(C)C)nc(NCc2ncccc2C)n1. The summed E-state index contributed by atoms with van der Waals surface area (Å²) in [5.74, 6) is 1.08. The molecule has 0 aliphatic rings. The first-order chi connectivity index (χ1) is 9.06. The molecular formula is C15H20N4. The zero-order valence-corrected chi connectivity index (χ0v) is 11.9. The molecule has 2 heterocycles. The fourth-order valence-corrected chi connectivity index (χ4v) is 1.83. The maximum atomic E-state index is 4.53. The highest BCUT2D eigenvalue weighted by atomic mass is 15.1. The Morgan fingerprint density at radius 1 is 1.21 bits per heavy atom. The molecule has 2 aromatic heterocycles. The van der Waals surface area contributed by atoms with Gasteiger partial charge in [0.05, 0.1) is 12.2 Å². The van der Waals surface area contributed by atoms with E-state index in [-0.39, 0.29) is 0 Å². The fraction of sp³-hybridized carbons (Fsp3) is 0.400. The van der Waals surface area contributed by atoms with Gasteiger partial charge in [-0.2, -0.15) is 0 Å². The molecule has 0 saturated carbocycles. The van der Waals surface area contributed by atoms with E-state index in [0.29, 0.717) is 18.4 Å². The van der Waals surface area contributed by atoms with Crippen LogP contribution in [0.5, 0.6) is 0 Å². The van der Waals surface area contributed by atoms with Crippen molar-refractivity contribution in [2.75, 3.05) is 5.32 Å². The van der Waals surface area contributed by atoms with Gasteiger partial charge >= 0.3 is 0 Å². The molecule has 0 unspecified atom stereocenters. The number of anilines is 1. The maximum absolute atomic E-state index is 4.53. The fourth-order valence-electron chi connectivity index (χ4n) is 1.83. The molecule has 19 heavy (non-hydrogen) atoms. The monoisotopic (exact) mass is 256 g/mol. The Morgan fingerprint density at radius 3 is 2.68 bits per heavy atom. The van der Waals surface area contributed by atoms with Gasteiger partial charge in [-0.3, -0.25) is 4.98 Å². The first-order valence-electron chi connectivity index (χ1n) is 6.56. The smallest absolute Gasteiger partial charge is 0.223 e. The molecule has 0 spiro atoms. The largest absolute Gasteiger partial charge is 0.349 e. The summed E-state index contributed by atoms with van der Waals surface area (Å²) in [5.41, 5.74) is 4.25. The lowest BCUT2D eigenvalue weighted by molar-refractivity contribution is 0.807. The number of aromatic nitrogens is 3. The molecule has 0 saturated heterocycles. The third-order valence-electron chi connectivity index (χ3n) is 3.00. The molecule has 0 amide bonds. The van der Waals surface area contributed by atoms with Crippen molar-refractivity contribution in [2.24, 2.45) is 0 Å². The Morgan fingerprint density at radius 2 is 2.00 bits per heavy atom. The topological polar surface area (TPSA) is 50.7 Å². The standard InChI is InChI=1S/C15H20N4/c1-10(2)13-8-12(4)18-15(19-13)17-9-14-11(3)6-5-7-16-14/h5-8,10H,9H2,1-4H3,(H,17,18,19). The zero-order chi connectivity index (χ0) is 13.8. The molecule has 0 aliphatic carbocycles. The number of aryl methyl sites for hydroxylation is 2. The van der Waals surface area contributed by atoms with Crippen LogP contribution in [0.15, 0.2) is 24.4 Å². The third-order valence-corrected chi connectivity index (χ3v) is 3.00. The minimum atomic E-state index is 0.402. The number of nitrogens with zero attached hydrogens (tertiary/aromatic N) is 3. The quantitative estimate of drug-likeness (QED) is 0.912. The first kappa shape index (κ1) is 13.5. The highest BCUT2D eigenvalue weighted by Crippen LogP contribution is 2.15. The number of pyridine rings is 1. The van der Waals surface area contributed by atoms with Crippen molar-refractivity contribution in [1.82, 2.24) is 15.0 Å². The van der Waals surface area contributed by atoms with Gasteiger partial charge in [0.15, 0.2) is 0 Å². The number of rotatable bonds is 4.